The average molecular weight is 513 g/mol. The molecule has 176 valence electrons. The number of carbonyl (C=O) groups excluding carboxylic acids is 1. The molecule has 13 heteroatoms. The summed E-state index contributed by atoms with van der Waals surface area (Å²) in [5.74, 6) is 0.591. The van der Waals surface area contributed by atoms with Gasteiger partial charge in [0.2, 0.25) is 5.91 Å². The molecular formula is C20H21ClN4O6S2. The Morgan fingerprint density at radius 3 is 2.58 bits per heavy atom. The topological polar surface area (TPSA) is 124 Å². The maximum atomic E-state index is 12.7. The summed E-state index contributed by atoms with van der Waals surface area (Å²) in [5, 5.41) is 10.5. The molecule has 33 heavy (non-hydrogen) atoms. The first kappa shape index (κ1) is 23.5. The third-order valence-corrected chi connectivity index (χ3v) is 8.86. The third-order valence-electron chi connectivity index (χ3n) is 5.26. The van der Waals surface area contributed by atoms with Gasteiger partial charge in [-0.3, -0.25) is 10.1 Å². The molecule has 0 atom stereocenters. The van der Waals surface area contributed by atoms with Crippen molar-refractivity contribution in [1.29, 1.82) is 0 Å². The van der Waals surface area contributed by atoms with Gasteiger partial charge in [-0.25, -0.2) is 8.42 Å². The zero-order valence-corrected chi connectivity index (χ0v) is 20.2. The van der Waals surface area contributed by atoms with Gasteiger partial charge in [0.05, 0.1) is 24.1 Å². The summed E-state index contributed by atoms with van der Waals surface area (Å²) < 4.78 is 43.5. The summed E-state index contributed by atoms with van der Waals surface area (Å²) in [7, 11) is -0.555. The number of hydrogen-bond acceptors (Lipinski definition) is 9. The van der Waals surface area contributed by atoms with Crippen molar-refractivity contribution in [2.45, 2.75) is 17.1 Å². The monoisotopic (exact) mass is 512 g/mol. The van der Waals surface area contributed by atoms with Gasteiger partial charge < -0.3 is 13.9 Å². The number of aromatic nitrogens is 2. The summed E-state index contributed by atoms with van der Waals surface area (Å²) in [4.78, 5) is 12.7. The van der Waals surface area contributed by atoms with E-state index in [1.54, 1.807) is 31.4 Å². The number of rotatable bonds is 7. The fraction of sp³-hybridized carbons (Fsp3) is 0.350. The van der Waals surface area contributed by atoms with Crippen LogP contribution in [-0.2, 0) is 14.8 Å². The molecule has 1 amide bonds. The summed E-state index contributed by atoms with van der Waals surface area (Å²) >= 11 is 6.88. The minimum absolute atomic E-state index is 0.0452. The van der Waals surface area contributed by atoms with Crippen LogP contribution in [0.5, 0.6) is 11.5 Å². The van der Waals surface area contributed by atoms with E-state index in [0.717, 1.165) is 11.3 Å². The van der Waals surface area contributed by atoms with Gasteiger partial charge in [0, 0.05) is 25.1 Å². The molecule has 4 rings (SSSR count). The number of carbonyl (C=O) groups is 1. The standard InChI is InChI=1S/C20H21ClN4O6S2/c1-29-13-3-4-14(15(11-13)30-2)19-23-24-20(31-19)22-18(26)12-7-9-25(10-8-12)33(27,28)17-6-5-16(21)32-17/h3-6,11-12H,7-10H2,1-2H3,(H,22,24,26). The van der Waals surface area contributed by atoms with Crippen molar-refractivity contribution in [2.24, 2.45) is 5.92 Å². The van der Waals surface area contributed by atoms with Crippen LogP contribution < -0.4 is 14.8 Å². The van der Waals surface area contributed by atoms with Crippen LogP contribution >= 0.6 is 22.9 Å². The van der Waals surface area contributed by atoms with Gasteiger partial charge in [-0.15, -0.1) is 16.4 Å². The van der Waals surface area contributed by atoms with Crippen LogP contribution in [0.4, 0.5) is 6.01 Å². The fourth-order valence-electron chi connectivity index (χ4n) is 3.49. The molecule has 3 heterocycles. The molecule has 0 saturated carbocycles. The molecule has 3 aromatic rings. The highest BCUT2D eigenvalue weighted by Crippen LogP contribution is 2.34. The van der Waals surface area contributed by atoms with Crippen LogP contribution in [0.15, 0.2) is 39.0 Å². The molecule has 10 nitrogen and oxygen atoms in total. The molecule has 0 aliphatic carbocycles. The average Bonchev–Trinajstić information content (AvgIpc) is 3.48. The van der Waals surface area contributed by atoms with Crippen LogP contribution in [0.3, 0.4) is 0 Å². The molecule has 0 radical (unpaired) electrons. The molecule has 1 aliphatic rings. The number of halogens is 1. The normalized spacial score (nSPS) is 15.4. The highest BCUT2D eigenvalue weighted by atomic mass is 35.5. The van der Waals surface area contributed by atoms with Crippen molar-refractivity contribution in [1.82, 2.24) is 14.5 Å². The lowest BCUT2D eigenvalue weighted by Crippen LogP contribution is -2.41. The Morgan fingerprint density at radius 2 is 1.94 bits per heavy atom. The van der Waals surface area contributed by atoms with Crippen molar-refractivity contribution in [3.8, 4) is 23.0 Å². The number of piperidine rings is 1. The number of nitrogens with one attached hydrogen (secondary N) is 1. The van der Waals surface area contributed by atoms with Gasteiger partial charge >= 0.3 is 6.01 Å². The number of nitrogens with zero attached hydrogens (tertiary/aromatic N) is 3. The Bertz CT molecular complexity index is 1250. The van der Waals surface area contributed by atoms with Crippen molar-refractivity contribution >= 4 is 44.9 Å². The summed E-state index contributed by atoms with van der Waals surface area (Å²) in [6, 6.07) is 8.13. The maximum Gasteiger partial charge on any atom is 0.322 e. The Labute approximate surface area is 199 Å². The molecule has 1 N–H and O–H groups in total. The number of amides is 1. The second kappa shape index (κ2) is 9.67. The number of hydrogen-bond donors (Lipinski definition) is 1. The van der Waals surface area contributed by atoms with E-state index in [0.29, 0.717) is 34.2 Å². The molecule has 1 aliphatic heterocycles. The first-order valence-corrected chi connectivity index (χ1v) is 12.6. The zero-order valence-electron chi connectivity index (χ0n) is 17.8. The minimum atomic E-state index is -3.61. The van der Waals surface area contributed by atoms with E-state index in [1.165, 1.54) is 17.5 Å². The quantitative estimate of drug-likeness (QED) is 0.510. The van der Waals surface area contributed by atoms with Crippen LogP contribution in [0, 0.1) is 5.92 Å². The van der Waals surface area contributed by atoms with Crippen LogP contribution in [0.1, 0.15) is 12.8 Å². The molecule has 2 aromatic heterocycles. The van der Waals surface area contributed by atoms with Crippen LogP contribution in [0.2, 0.25) is 4.34 Å². The number of sulfonamides is 1. The van der Waals surface area contributed by atoms with Crippen molar-refractivity contribution in [3.63, 3.8) is 0 Å². The first-order chi connectivity index (χ1) is 15.8. The van der Waals surface area contributed by atoms with Gasteiger partial charge in [0.25, 0.3) is 15.9 Å². The number of thiophene rings is 1. The summed E-state index contributed by atoms with van der Waals surface area (Å²) in [5.41, 5.74) is 0.554. The molecular weight excluding hydrogens is 492 g/mol. The van der Waals surface area contributed by atoms with E-state index >= 15 is 0 Å². The number of methoxy groups -OCH3 is 2. The van der Waals surface area contributed by atoms with Crippen molar-refractivity contribution in [2.75, 3.05) is 32.6 Å². The Balaban J connectivity index is 1.38. The molecule has 1 saturated heterocycles. The predicted octanol–water partition coefficient (Wildman–Crippen LogP) is 3.51. The van der Waals surface area contributed by atoms with Crippen LogP contribution in [-0.4, -0.2) is 56.1 Å². The second-order valence-corrected chi connectivity index (χ2v) is 11.1. The fourth-order valence-corrected chi connectivity index (χ4v) is 6.59. The molecule has 0 bridgehead atoms. The lowest BCUT2D eigenvalue weighted by atomic mass is 9.97. The second-order valence-electron chi connectivity index (χ2n) is 7.20. The highest BCUT2D eigenvalue weighted by Gasteiger charge is 2.33. The van der Waals surface area contributed by atoms with E-state index in [4.69, 9.17) is 25.5 Å². The summed E-state index contributed by atoms with van der Waals surface area (Å²) in [6.45, 7) is 0.460. The van der Waals surface area contributed by atoms with Gasteiger partial charge in [0.1, 0.15) is 15.7 Å². The van der Waals surface area contributed by atoms with Crippen molar-refractivity contribution in [3.05, 3.63) is 34.7 Å². The Hall–Kier alpha value is -2.67. The lowest BCUT2D eigenvalue weighted by Gasteiger charge is -2.29. The van der Waals surface area contributed by atoms with Gasteiger partial charge in [-0.1, -0.05) is 16.7 Å². The predicted molar refractivity (Wildman–Crippen MR) is 122 cm³/mol. The van der Waals surface area contributed by atoms with E-state index < -0.39 is 10.0 Å². The largest absolute Gasteiger partial charge is 0.497 e. The number of anilines is 1. The third kappa shape index (κ3) is 4.98. The number of ether oxygens (including phenoxy) is 2. The van der Waals surface area contributed by atoms with E-state index in [-0.39, 0.29) is 41.0 Å². The molecule has 1 fully saturated rings. The Kier molecular flexibility index (Phi) is 6.88. The first-order valence-electron chi connectivity index (χ1n) is 9.94. The zero-order chi connectivity index (χ0) is 23.6. The van der Waals surface area contributed by atoms with Gasteiger partial charge in [-0.2, -0.15) is 4.31 Å². The molecule has 0 spiro atoms. The van der Waals surface area contributed by atoms with E-state index in [2.05, 4.69) is 15.5 Å². The summed E-state index contributed by atoms with van der Waals surface area (Å²) in [6.07, 6.45) is 0.745. The maximum absolute atomic E-state index is 12.7. The molecule has 1 aromatic carbocycles. The van der Waals surface area contributed by atoms with E-state index in [9.17, 15) is 13.2 Å². The Morgan fingerprint density at radius 1 is 1.18 bits per heavy atom. The van der Waals surface area contributed by atoms with Gasteiger partial charge in [-0.05, 0) is 37.1 Å². The highest BCUT2D eigenvalue weighted by molar-refractivity contribution is 7.91. The minimum Gasteiger partial charge on any atom is -0.497 e. The smallest absolute Gasteiger partial charge is 0.322 e. The van der Waals surface area contributed by atoms with Crippen molar-refractivity contribution < 1.29 is 27.1 Å². The molecule has 0 unspecified atom stereocenters. The van der Waals surface area contributed by atoms with Gasteiger partial charge in [0.15, 0.2) is 0 Å². The lowest BCUT2D eigenvalue weighted by molar-refractivity contribution is -0.121. The SMILES string of the molecule is COc1ccc(-c2nnc(NC(=O)C3CCN(S(=O)(=O)c4ccc(Cl)s4)CC3)o2)c(OC)c1. The van der Waals surface area contributed by atoms with E-state index in [1.807, 2.05) is 0 Å². The number of benzene rings is 1. The van der Waals surface area contributed by atoms with Crippen LogP contribution in [0.25, 0.3) is 11.5 Å².